The van der Waals surface area contributed by atoms with Crippen LogP contribution in [0, 0.1) is 20.5 Å². The van der Waals surface area contributed by atoms with Crippen molar-refractivity contribution in [3.05, 3.63) is 236 Å². The molecule has 0 N–H and O–H groups in total. The van der Waals surface area contributed by atoms with Crippen LogP contribution in [0.5, 0.6) is 0 Å². The van der Waals surface area contributed by atoms with Crippen molar-refractivity contribution in [1.29, 1.82) is 0 Å². The first-order valence-corrected chi connectivity index (χ1v) is 23.7. The van der Waals surface area contributed by atoms with Crippen LogP contribution in [0.3, 0.4) is 0 Å². The molecule has 0 spiro atoms. The largest absolute Gasteiger partial charge is 3.00 e. The van der Waals surface area contributed by atoms with Gasteiger partial charge >= 0.3 is 19.5 Å². The van der Waals surface area contributed by atoms with Gasteiger partial charge in [0.05, 0.1) is 41.6 Å². The van der Waals surface area contributed by atoms with Gasteiger partial charge in [-0.05, 0) is 92.5 Å². The average molecular weight is 929 g/mol. The van der Waals surface area contributed by atoms with Gasteiger partial charge in [-0.15, -0.1) is 0 Å². The van der Waals surface area contributed by atoms with Crippen molar-refractivity contribution < 1.29 is 19.5 Å². The second kappa shape index (κ2) is 21.0. The summed E-state index contributed by atoms with van der Waals surface area (Å²) in [5, 5.41) is 26.3. The average Bonchev–Trinajstić information content (AvgIpc) is 3.98. The summed E-state index contributed by atoms with van der Waals surface area (Å²) >= 11 is 0. The van der Waals surface area contributed by atoms with E-state index >= 15 is 0 Å². The second-order valence-electron chi connectivity index (χ2n) is 14.5. The smallest absolute Gasteiger partial charge is 0.573 e. The second-order valence-corrected chi connectivity index (χ2v) is 19.9. The van der Waals surface area contributed by atoms with E-state index in [1.54, 1.807) is 0 Å². The normalized spacial score (nSPS) is 11.1. The predicted molar refractivity (Wildman–Crippen MR) is 260 cm³/mol. The van der Waals surface area contributed by atoms with Gasteiger partial charge in [-0.3, -0.25) is 9.97 Å². The number of aryl methyl sites for hydroxylation is 2. The van der Waals surface area contributed by atoms with Gasteiger partial charge in [0.15, 0.2) is 0 Å². The van der Waals surface area contributed by atoms with Gasteiger partial charge in [0.1, 0.15) is 10.6 Å². The monoisotopic (exact) mass is 929 g/mol. The van der Waals surface area contributed by atoms with Crippen molar-refractivity contribution in [2.75, 3.05) is 0 Å². The van der Waals surface area contributed by atoms with Gasteiger partial charge in [-0.1, -0.05) is 145 Å². The Bertz CT molecular complexity index is 2770. The molecule has 0 atom stereocenters. The molecule has 0 aliphatic heterocycles. The van der Waals surface area contributed by atoms with Gasteiger partial charge in [0.2, 0.25) is 0 Å². The van der Waals surface area contributed by atoms with Crippen LogP contribution in [0.25, 0.3) is 44.3 Å². The maximum atomic E-state index is 4.81. The van der Waals surface area contributed by atoms with Crippen LogP contribution in [-0.4, -0.2) is 20.2 Å². The van der Waals surface area contributed by atoms with E-state index in [1.165, 1.54) is 32.0 Å². The topological polar surface area (TPSA) is 79.8 Å². The summed E-state index contributed by atoms with van der Waals surface area (Å²) in [6, 6.07) is 67.4. The summed E-state index contributed by atoms with van der Waals surface area (Å²) in [5.41, 5.74) is 5.33. The first-order valence-electron chi connectivity index (χ1n) is 20.1. The SMILES string of the molecule is Cc1cc(-c2nccc3ccccc23)[n-]n1.Cc1cc(-c2nccc3ccccc23)[n-]n1.[CH2-][P+](/C=C\[PH+](c1ccccc1)c1ccccc1)(c1ccccc1)c1ccccc1.[Ru+3]. The minimum atomic E-state index is -1.87. The van der Waals surface area contributed by atoms with Crippen LogP contribution in [-0.2, 0) is 19.5 Å². The molecule has 62 heavy (non-hydrogen) atoms. The Labute approximate surface area is 378 Å². The molecule has 0 unspecified atom stereocenters. The first kappa shape index (κ1) is 43.9. The molecule has 4 aromatic heterocycles. The molecule has 10 rings (SSSR count). The fourth-order valence-electron chi connectivity index (χ4n) is 7.16. The van der Waals surface area contributed by atoms with Gasteiger partial charge in [-0.2, -0.15) is 6.66 Å². The number of pyridine rings is 2. The Morgan fingerprint density at radius 2 is 0.855 bits per heavy atom. The van der Waals surface area contributed by atoms with Crippen LogP contribution in [0.2, 0.25) is 0 Å². The Hall–Kier alpha value is -6.22. The third-order valence-electron chi connectivity index (χ3n) is 10.3. The van der Waals surface area contributed by atoms with Crippen molar-refractivity contribution in [2.24, 2.45) is 0 Å². The minimum Gasteiger partial charge on any atom is -0.573 e. The van der Waals surface area contributed by atoms with Crippen molar-refractivity contribution in [2.45, 2.75) is 13.8 Å². The number of hydrogen-bond acceptors (Lipinski definition) is 4. The maximum Gasteiger partial charge on any atom is 3.00 e. The van der Waals surface area contributed by atoms with Crippen LogP contribution in [0.15, 0.2) is 218 Å². The summed E-state index contributed by atoms with van der Waals surface area (Å²) in [6.45, 7) is 8.67. The Morgan fingerprint density at radius 1 is 0.484 bits per heavy atom. The van der Waals surface area contributed by atoms with Crippen molar-refractivity contribution >= 4 is 57.9 Å². The van der Waals surface area contributed by atoms with E-state index in [-0.39, 0.29) is 19.5 Å². The molecule has 4 heterocycles. The van der Waals surface area contributed by atoms with E-state index < -0.39 is 15.2 Å². The third-order valence-corrected chi connectivity index (χ3v) is 16.0. The molecule has 6 nitrogen and oxygen atoms in total. The van der Waals surface area contributed by atoms with Crippen molar-refractivity contribution in [3.63, 3.8) is 0 Å². The van der Waals surface area contributed by atoms with E-state index in [0.29, 0.717) is 0 Å². The molecule has 0 aliphatic rings. The molecule has 6 aromatic carbocycles. The van der Waals surface area contributed by atoms with Gasteiger partial charge < -0.3 is 20.4 Å². The molecule has 9 heteroatoms. The predicted octanol–water partition coefficient (Wildman–Crippen LogP) is 10.9. The van der Waals surface area contributed by atoms with Crippen LogP contribution in [0.4, 0.5) is 0 Å². The number of rotatable bonds is 8. The zero-order valence-corrected chi connectivity index (χ0v) is 38.1. The fourth-order valence-corrected chi connectivity index (χ4v) is 12.6. The minimum absolute atomic E-state index is 0. The summed E-state index contributed by atoms with van der Waals surface area (Å²) < 4.78 is 0. The summed E-state index contributed by atoms with van der Waals surface area (Å²) in [4.78, 5) is 8.78. The Kier molecular flexibility index (Phi) is 14.9. The third kappa shape index (κ3) is 10.4. The van der Waals surface area contributed by atoms with E-state index in [1.807, 2.05) is 74.8 Å². The standard InChI is InChI=1S/C27H24P2.2C13H10N3.Ru/c1-29(26-18-10-4-11-19-26,27-20-12-5-13-21-27)23-22-28(24-14-6-2-7-15-24)25-16-8-3-9-17-25;2*1-9-8-12(16-15-9)13-11-5-3-2-4-10(11)6-7-14-13;/h2-23H,1H2;2*2-8H,1H3;/q;2*-1;+3/p+1/b23-22-;;;. The Balaban J connectivity index is 0.000000149. The molecule has 0 bridgehead atoms. The van der Waals surface area contributed by atoms with Crippen LogP contribution < -0.4 is 31.4 Å². The van der Waals surface area contributed by atoms with E-state index in [4.69, 9.17) is 6.66 Å². The maximum absolute atomic E-state index is 4.81. The van der Waals surface area contributed by atoms with Crippen molar-refractivity contribution in [3.8, 4) is 22.8 Å². The summed E-state index contributed by atoms with van der Waals surface area (Å²) in [5.74, 6) is 4.88. The zero-order chi connectivity index (χ0) is 41.9. The van der Waals surface area contributed by atoms with Gasteiger partial charge in [0.25, 0.3) is 0 Å². The number of benzene rings is 6. The van der Waals surface area contributed by atoms with Crippen LogP contribution in [0.1, 0.15) is 11.4 Å². The van der Waals surface area contributed by atoms with E-state index in [0.717, 1.165) is 44.9 Å². The molecule has 10 aromatic rings. The van der Waals surface area contributed by atoms with E-state index in [2.05, 4.69) is 188 Å². The zero-order valence-electron chi connectivity index (χ0n) is 34.5. The van der Waals surface area contributed by atoms with Gasteiger partial charge in [0, 0.05) is 34.6 Å². The molecule has 0 saturated heterocycles. The molecule has 0 amide bonds. The van der Waals surface area contributed by atoms with Crippen LogP contribution >= 0.6 is 15.2 Å². The van der Waals surface area contributed by atoms with Crippen molar-refractivity contribution in [1.82, 2.24) is 30.4 Å². The molecule has 0 aliphatic carbocycles. The number of nitrogens with zero attached hydrogens (tertiary/aromatic N) is 6. The Morgan fingerprint density at radius 3 is 1.24 bits per heavy atom. The number of fused-ring (bicyclic) bond motifs is 2. The molecule has 1 radical (unpaired) electrons. The number of aromatic nitrogens is 6. The molecular formula is C53H45N6P2Ru+2. The first-order chi connectivity index (χ1) is 30.0. The molecule has 0 fully saturated rings. The molecule has 303 valence electrons. The molecular weight excluding hydrogens is 884 g/mol. The fraction of sp³-hybridized carbons (Fsp3) is 0.0377. The summed E-state index contributed by atoms with van der Waals surface area (Å²) in [7, 11) is -2.91. The van der Waals surface area contributed by atoms with Gasteiger partial charge in [-0.25, -0.2) is 0 Å². The quantitative estimate of drug-likeness (QED) is 0.0858. The summed E-state index contributed by atoms with van der Waals surface area (Å²) in [6.07, 6.45) is 3.61. The van der Waals surface area contributed by atoms with E-state index in [9.17, 15) is 0 Å². The number of hydrogen-bond donors (Lipinski definition) is 0. The molecule has 0 saturated carbocycles.